The second kappa shape index (κ2) is 5.28. The molecule has 3 heteroatoms. The smallest absolute Gasteiger partial charge is 0.261 e. The van der Waals surface area contributed by atoms with Crippen molar-refractivity contribution in [2.75, 3.05) is 6.54 Å². The van der Waals surface area contributed by atoms with Crippen molar-refractivity contribution in [3.05, 3.63) is 35.4 Å². The van der Waals surface area contributed by atoms with Crippen molar-refractivity contribution in [1.82, 2.24) is 4.90 Å². The summed E-state index contributed by atoms with van der Waals surface area (Å²) in [5.41, 5.74) is 1.42. The molecule has 0 aliphatic carbocycles. The molecular weight excluding hydrogens is 262 g/mol. The molecule has 114 valence electrons. The Labute approximate surface area is 127 Å². The lowest BCUT2D eigenvalue weighted by atomic mass is 9.74. The largest absolute Gasteiger partial charge is 0.274 e. The molecule has 1 heterocycles. The number of amides is 2. The summed E-state index contributed by atoms with van der Waals surface area (Å²) in [6.07, 6.45) is 1.89. The van der Waals surface area contributed by atoms with Gasteiger partial charge in [-0.25, -0.2) is 0 Å². The van der Waals surface area contributed by atoms with E-state index in [9.17, 15) is 9.59 Å². The maximum Gasteiger partial charge on any atom is 0.261 e. The second-order valence-electron chi connectivity index (χ2n) is 7.96. The molecular formula is C18H25NO2. The van der Waals surface area contributed by atoms with E-state index in [1.54, 1.807) is 24.3 Å². The van der Waals surface area contributed by atoms with E-state index in [-0.39, 0.29) is 22.6 Å². The first-order chi connectivity index (χ1) is 9.61. The fraction of sp³-hybridized carbons (Fsp3) is 0.556. The molecule has 2 rings (SSSR count). The van der Waals surface area contributed by atoms with Crippen LogP contribution in [0.25, 0.3) is 0 Å². The Balaban J connectivity index is 2.06. The maximum absolute atomic E-state index is 12.3. The summed E-state index contributed by atoms with van der Waals surface area (Å²) in [5, 5.41) is 0. The number of fused-ring (bicyclic) bond motifs is 1. The third-order valence-corrected chi connectivity index (χ3v) is 3.90. The van der Waals surface area contributed by atoms with Crippen LogP contribution >= 0.6 is 0 Å². The Morgan fingerprint density at radius 1 is 0.905 bits per heavy atom. The highest BCUT2D eigenvalue weighted by Crippen LogP contribution is 2.36. The molecule has 0 atom stereocenters. The first kappa shape index (κ1) is 15.7. The zero-order valence-corrected chi connectivity index (χ0v) is 13.7. The van der Waals surface area contributed by atoms with Crippen molar-refractivity contribution in [2.24, 2.45) is 10.8 Å². The molecule has 3 nitrogen and oxygen atoms in total. The molecule has 0 spiro atoms. The summed E-state index contributed by atoms with van der Waals surface area (Å²) >= 11 is 0. The zero-order chi connectivity index (χ0) is 15.8. The van der Waals surface area contributed by atoms with Gasteiger partial charge < -0.3 is 0 Å². The van der Waals surface area contributed by atoms with Crippen molar-refractivity contribution in [3.8, 4) is 0 Å². The molecule has 1 aromatic carbocycles. The van der Waals surface area contributed by atoms with Crippen LogP contribution in [0, 0.1) is 10.8 Å². The minimum atomic E-state index is -0.151. The summed E-state index contributed by atoms with van der Waals surface area (Å²) < 4.78 is 0. The summed E-state index contributed by atoms with van der Waals surface area (Å²) in [6.45, 7) is 11.6. The van der Waals surface area contributed by atoms with Crippen molar-refractivity contribution >= 4 is 11.8 Å². The van der Waals surface area contributed by atoms with Gasteiger partial charge in [-0.2, -0.15) is 0 Å². The number of benzene rings is 1. The van der Waals surface area contributed by atoms with Crippen molar-refractivity contribution < 1.29 is 9.59 Å². The standard InChI is InChI=1S/C18H25NO2/c1-17(2,3)12-18(4,5)10-11-19-15(20)13-8-6-7-9-14(13)16(19)21/h6-9H,10-12H2,1-5H3. The molecule has 0 bridgehead atoms. The van der Waals surface area contributed by atoms with E-state index in [1.165, 1.54) is 4.90 Å². The maximum atomic E-state index is 12.3. The molecule has 0 fully saturated rings. The van der Waals surface area contributed by atoms with Crippen LogP contribution in [0.3, 0.4) is 0 Å². The van der Waals surface area contributed by atoms with E-state index in [1.807, 2.05) is 0 Å². The average molecular weight is 287 g/mol. The van der Waals surface area contributed by atoms with Gasteiger partial charge in [0.05, 0.1) is 11.1 Å². The SMILES string of the molecule is CC(C)(C)CC(C)(C)CCN1C(=O)c2ccccc2C1=O. The molecule has 2 amide bonds. The van der Waals surface area contributed by atoms with Crippen molar-refractivity contribution in [3.63, 3.8) is 0 Å². The first-order valence-electron chi connectivity index (χ1n) is 7.56. The van der Waals surface area contributed by atoms with E-state index in [4.69, 9.17) is 0 Å². The Bertz CT molecular complexity index is 532. The quantitative estimate of drug-likeness (QED) is 0.781. The molecule has 0 N–H and O–H groups in total. The van der Waals surface area contributed by atoms with Crippen LogP contribution in [-0.4, -0.2) is 23.3 Å². The monoisotopic (exact) mass is 287 g/mol. The summed E-state index contributed by atoms with van der Waals surface area (Å²) in [5.74, 6) is -0.302. The van der Waals surface area contributed by atoms with Crippen LogP contribution < -0.4 is 0 Å². The molecule has 1 aromatic rings. The van der Waals surface area contributed by atoms with Crippen LogP contribution in [0.4, 0.5) is 0 Å². The molecule has 0 radical (unpaired) electrons. The fourth-order valence-electron chi connectivity index (χ4n) is 3.38. The summed E-state index contributed by atoms with van der Waals surface area (Å²) in [7, 11) is 0. The lowest BCUT2D eigenvalue weighted by molar-refractivity contribution is 0.0626. The third kappa shape index (κ3) is 3.52. The summed E-state index contributed by atoms with van der Waals surface area (Å²) in [6, 6.07) is 7.07. The highest BCUT2D eigenvalue weighted by Gasteiger charge is 2.36. The van der Waals surface area contributed by atoms with Gasteiger partial charge in [0.2, 0.25) is 0 Å². The van der Waals surface area contributed by atoms with Crippen molar-refractivity contribution in [2.45, 2.75) is 47.5 Å². The van der Waals surface area contributed by atoms with Crippen LogP contribution in [0.5, 0.6) is 0 Å². The Hall–Kier alpha value is -1.64. The molecule has 0 saturated carbocycles. The molecule has 0 unspecified atom stereocenters. The van der Waals surface area contributed by atoms with E-state index < -0.39 is 0 Å². The molecule has 0 saturated heterocycles. The average Bonchev–Trinajstić information content (AvgIpc) is 2.58. The van der Waals surface area contributed by atoms with Gasteiger partial charge in [-0.05, 0) is 35.8 Å². The number of carbonyl (C=O) groups is 2. The van der Waals surface area contributed by atoms with Gasteiger partial charge in [0.25, 0.3) is 11.8 Å². The van der Waals surface area contributed by atoms with Crippen LogP contribution in [0.1, 0.15) is 68.2 Å². The molecule has 0 aromatic heterocycles. The highest BCUT2D eigenvalue weighted by atomic mass is 16.2. The van der Waals surface area contributed by atoms with E-state index >= 15 is 0 Å². The second-order valence-corrected chi connectivity index (χ2v) is 7.96. The van der Waals surface area contributed by atoms with Crippen molar-refractivity contribution in [1.29, 1.82) is 0 Å². The Kier molecular flexibility index (Phi) is 3.96. The lowest BCUT2D eigenvalue weighted by Crippen LogP contribution is -2.34. The minimum Gasteiger partial charge on any atom is -0.274 e. The number of hydrogen-bond donors (Lipinski definition) is 0. The van der Waals surface area contributed by atoms with Gasteiger partial charge in [0, 0.05) is 6.54 Å². The third-order valence-electron chi connectivity index (χ3n) is 3.90. The van der Waals surface area contributed by atoms with Crippen LogP contribution in [0.15, 0.2) is 24.3 Å². The van der Waals surface area contributed by atoms with Crippen LogP contribution in [0.2, 0.25) is 0 Å². The van der Waals surface area contributed by atoms with Crippen LogP contribution in [-0.2, 0) is 0 Å². The van der Waals surface area contributed by atoms with Gasteiger partial charge >= 0.3 is 0 Å². The first-order valence-corrected chi connectivity index (χ1v) is 7.56. The lowest BCUT2D eigenvalue weighted by Gasteiger charge is -2.33. The Morgan fingerprint density at radius 3 is 1.81 bits per heavy atom. The topological polar surface area (TPSA) is 37.4 Å². The van der Waals surface area contributed by atoms with Gasteiger partial charge in [-0.15, -0.1) is 0 Å². The number of nitrogens with zero attached hydrogens (tertiary/aromatic N) is 1. The Morgan fingerprint density at radius 2 is 1.38 bits per heavy atom. The predicted molar refractivity (Wildman–Crippen MR) is 84.3 cm³/mol. The van der Waals surface area contributed by atoms with E-state index in [0.717, 1.165) is 12.8 Å². The normalized spacial score (nSPS) is 15.6. The number of rotatable bonds is 4. The van der Waals surface area contributed by atoms with E-state index in [2.05, 4.69) is 34.6 Å². The predicted octanol–water partition coefficient (Wildman–Crippen LogP) is 4.14. The van der Waals surface area contributed by atoms with Gasteiger partial charge in [0.1, 0.15) is 0 Å². The number of imide groups is 1. The minimum absolute atomic E-state index is 0.105. The molecule has 1 aliphatic heterocycles. The van der Waals surface area contributed by atoms with Gasteiger partial charge in [-0.1, -0.05) is 46.8 Å². The van der Waals surface area contributed by atoms with E-state index in [0.29, 0.717) is 17.7 Å². The molecule has 21 heavy (non-hydrogen) atoms. The zero-order valence-electron chi connectivity index (χ0n) is 13.7. The summed E-state index contributed by atoms with van der Waals surface area (Å²) in [4.78, 5) is 26.0. The van der Waals surface area contributed by atoms with Gasteiger partial charge in [-0.3, -0.25) is 14.5 Å². The highest BCUT2D eigenvalue weighted by molar-refractivity contribution is 6.21. The fourth-order valence-corrected chi connectivity index (χ4v) is 3.38. The number of hydrogen-bond acceptors (Lipinski definition) is 2. The molecule has 1 aliphatic rings. The number of carbonyl (C=O) groups excluding carboxylic acids is 2. The van der Waals surface area contributed by atoms with Gasteiger partial charge in [0.15, 0.2) is 0 Å².